The molecule has 14 heavy (non-hydrogen) atoms. The first-order valence-corrected chi connectivity index (χ1v) is 4.52. The lowest BCUT2D eigenvalue weighted by molar-refractivity contribution is 0.580. The number of pyridine rings is 1. The van der Waals surface area contributed by atoms with Crippen LogP contribution in [0.4, 0.5) is 4.39 Å². The summed E-state index contributed by atoms with van der Waals surface area (Å²) in [6, 6.07) is 1.59. The van der Waals surface area contributed by atoms with Gasteiger partial charge in [-0.15, -0.1) is 0 Å². The molecule has 4 nitrogen and oxygen atoms in total. The molecule has 0 unspecified atom stereocenters. The van der Waals surface area contributed by atoms with Gasteiger partial charge in [-0.2, -0.15) is 4.39 Å². The minimum Gasteiger partial charge on any atom is -0.227 e. The summed E-state index contributed by atoms with van der Waals surface area (Å²) in [5.41, 5.74) is 8.35. The van der Waals surface area contributed by atoms with Gasteiger partial charge in [-0.05, 0) is 27.5 Å². The molecule has 0 N–H and O–H groups in total. The first-order chi connectivity index (χ1) is 6.74. The average Bonchev–Trinajstić information content (AvgIpc) is 2.18. The normalized spacial score (nSPS) is 10.1. The predicted molar refractivity (Wildman–Crippen MR) is 54.9 cm³/mol. The Labute approximate surface area is 88.2 Å². The minimum absolute atomic E-state index is 0.197. The van der Waals surface area contributed by atoms with Crippen molar-refractivity contribution < 1.29 is 4.39 Å². The fourth-order valence-electron chi connectivity index (χ4n) is 0.818. The zero-order valence-corrected chi connectivity index (χ0v) is 8.65. The van der Waals surface area contributed by atoms with Crippen LogP contribution >= 0.6 is 15.9 Å². The summed E-state index contributed by atoms with van der Waals surface area (Å²) in [6.07, 6.45) is 4.45. The van der Waals surface area contributed by atoms with Gasteiger partial charge in [0.1, 0.15) is 0 Å². The van der Waals surface area contributed by atoms with E-state index >= 15 is 0 Å². The van der Waals surface area contributed by atoms with Crippen LogP contribution in [0.5, 0.6) is 0 Å². The van der Waals surface area contributed by atoms with Gasteiger partial charge in [-0.25, -0.2) is 4.98 Å². The standard InChI is InChI=1S/C8H6BrFN4/c9-7-4-6(8(10)12-5-7)2-1-3-13-14-11/h1-2,4-5H,3H2. The van der Waals surface area contributed by atoms with E-state index in [0.29, 0.717) is 10.0 Å². The maximum Gasteiger partial charge on any atom is 0.220 e. The quantitative estimate of drug-likeness (QED) is 0.354. The van der Waals surface area contributed by atoms with Crippen LogP contribution in [0.2, 0.25) is 0 Å². The van der Waals surface area contributed by atoms with Crippen molar-refractivity contribution in [3.05, 3.63) is 44.8 Å². The molecule has 0 atom stereocenters. The summed E-state index contributed by atoms with van der Waals surface area (Å²) in [7, 11) is 0. The summed E-state index contributed by atoms with van der Waals surface area (Å²) >= 11 is 3.17. The van der Waals surface area contributed by atoms with Crippen molar-refractivity contribution in [2.45, 2.75) is 0 Å². The lowest BCUT2D eigenvalue weighted by Crippen LogP contribution is -1.87. The van der Waals surface area contributed by atoms with Gasteiger partial charge in [-0.3, -0.25) is 0 Å². The summed E-state index contributed by atoms with van der Waals surface area (Å²) in [6.45, 7) is 0.197. The average molecular weight is 257 g/mol. The van der Waals surface area contributed by atoms with Crippen LogP contribution in [0.1, 0.15) is 5.56 Å². The molecule has 0 aliphatic heterocycles. The van der Waals surface area contributed by atoms with E-state index in [1.807, 2.05) is 0 Å². The Balaban J connectivity index is 2.79. The fraction of sp³-hybridized carbons (Fsp3) is 0.125. The third-order valence-electron chi connectivity index (χ3n) is 1.38. The number of hydrogen-bond acceptors (Lipinski definition) is 2. The molecule has 0 aliphatic rings. The Hall–Kier alpha value is -1.39. The number of rotatable bonds is 3. The summed E-state index contributed by atoms with van der Waals surface area (Å²) in [5, 5.41) is 3.28. The number of nitrogens with zero attached hydrogens (tertiary/aromatic N) is 4. The van der Waals surface area contributed by atoms with Gasteiger partial charge in [0, 0.05) is 27.7 Å². The van der Waals surface area contributed by atoms with Gasteiger partial charge in [-0.1, -0.05) is 17.3 Å². The first-order valence-electron chi connectivity index (χ1n) is 3.72. The van der Waals surface area contributed by atoms with Crippen LogP contribution in [0.3, 0.4) is 0 Å². The van der Waals surface area contributed by atoms with Crippen molar-refractivity contribution >= 4 is 22.0 Å². The first kappa shape index (κ1) is 10.7. The van der Waals surface area contributed by atoms with Crippen LogP contribution in [0, 0.1) is 5.95 Å². The van der Waals surface area contributed by atoms with Crippen molar-refractivity contribution in [1.82, 2.24) is 4.98 Å². The van der Waals surface area contributed by atoms with Crippen LogP contribution in [0.25, 0.3) is 16.5 Å². The summed E-state index contributed by atoms with van der Waals surface area (Å²) in [5.74, 6) is -0.551. The molecule has 0 aromatic carbocycles. The monoisotopic (exact) mass is 256 g/mol. The second-order valence-corrected chi connectivity index (χ2v) is 3.27. The molecule has 72 valence electrons. The maximum atomic E-state index is 13.0. The Morgan fingerprint density at radius 3 is 3.21 bits per heavy atom. The molecule has 0 bridgehead atoms. The molecule has 0 fully saturated rings. The Morgan fingerprint density at radius 2 is 2.50 bits per heavy atom. The smallest absolute Gasteiger partial charge is 0.220 e. The molecule has 1 rings (SSSR count). The Bertz CT molecular complexity index is 398. The summed E-state index contributed by atoms with van der Waals surface area (Å²) in [4.78, 5) is 6.07. The number of halogens is 2. The van der Waals surface area contributed by atoms with Gasteiger partial charge in [0.25, 0.3) is 0 Å². The fourth-order valence-corrected chi connectivity index (χ4v) is 1.17. The van der Waals surface area contributed by atoms with Crippen molar-refractivity contribution in [3.8, 4) is 0 Å². The minimum atomic E-state index is -0.551. The van der Waals surface area contributed by atoms with E-state index in [-0.39, 0.29) is 6.54 Å². The van der Waals surface area contributed by atoms with Crippen molar-refractivity contribution in [1.29, 1.82) is 0 Å². The second-order valence-electron chi connectivity index (χ2n) is 2.35. The van der Waals surface area contributed by atoms with Gasteiger partial charge in [0.2, 0.25) is 5.95 Å². The number of hydrogen-bond donors (Lipinski definition) is 0. The highest BCUT2D eigenvalue weighted by molar-refractivity contribution is 9.10. The molecule has 0 saturated heterocycles. The molecule has 0 aliphatic carbocycles. The molecule has 0 radical (unpaired) electrons. The topological polar surface area (TPSA) is 61.7 Å². The van der Waals surface area contributed by atoms with E-state index in [2.05, 4.69) is 30.9 Å². The van der Waals surface area contributed by atoms with Crippen LogP contribution < -0.4 is 0 Å². The largest absolute Gasteiger partial charge is 0.227 e. The molecule has 0 amide bonds. The van der Waals surface area contributed by atoms with E-state index < -0.39 is 5.95 Å². The highest BCUT2D eigenvalue weighted by atomic mass is 79.9. The van der Waals surface area contributed by atoms with Crippen molar-refractivity contribution in [2.24, 2.45) is 5.11 Å². The molecule has 6 heteroatoms. The van der Waals surface area contributed by atoms with Gasteiger partial charge >= 0.3 is 0 Å². The van der Waals surface area contributed by atoms with Crippen molar-refractivity contribution in [3.63, 3.8) is 0 Å². The second kappa shape index (κ2) is 5.36. The lowest BCUT2D eigenvalue weighted by Gasteiger charge is -1.95. The third-order valence-corrected chi connectivity index (χ3v) is 1.81. The Morgan fingerprint density at radius 1 is 1.71 bits per heavy atom. The van der Waals surface area contributed by atoms with Crippen LogP contribution in [-0.2, 0) is 0 Å². The molecule has 0 spiro atoms. The van der Waals surface area contributed by atoms with E-state index in [1.165, 1.54) is 12.3 Å². The highest BCUT2D eigenvalue weighted by Crippen LogP contribution is 2.14. The van der Waals surface area contributed by atoms with Crippen LogP contribution in [0.15, 0.2) is 27.9 Å². The molecule has 0 saturated carbocycles. The number of aromatic nitrogens is 1. The third kappa shape index (κ3) is 3.16. The van der Waals surface area contributed by atoms with E-state index in [1.54, 1.807) is 12.1 Å². The van der Waals surface area contributed by atoms with Gasteiger partial charge in [0.15, 0.2) is 0 Å². The summed E-state index contributed by atoms with van der Waals surface area (Å²) < 4.78 is 13.7. The zero-order chi connectivity index (χ0) is 10.4. The molecule has 1 aromatic heterocycles. The Kier molecular flexibility index (Phi) is 4.10. The van der Waals surface area contributed by atoms with E-state index in [0.717, 1.165) is 0 Å². The van der Waals surface area contributed by atoms with Gasteiger partial charge < -0.3 is 0 Å². The maximum absolute atomic E-state index is 13.0. The molecular formula is C8H6BrFN4. The van der Waals surface area contributed by atoms with E-state index in [9.17, 15) is 4.39 Å². The van der Waals surface area contributed by atoms with E-state index in [4.69, 9.17) is 5.53 Å². The lowest BCUT2D eigenvalue weighted by atomic mass is 10.2. The SMILES string of the molecule is [N-]=[N+]=NCC=Cc1cc(Br)cnc1F. The highest BCUT2D eigenvalue weighted by Gasteiger charge is 1.99. The van der Waals surface area contributed by atoms with Crippen LogP contribution in [-0.4, -0.2) is 11.5 Å². The molecular weight excluding hydrogens is 251 g/mol. The zero-order valence-electron chi connectivity index (χ0n) is 7.06. The molecule has 1 aromatic rings. The molecule has 1 heterocycles. The van der Waals surface area contributed by atoms with Crippen molar-refractivity contribution in [2.75, 3.05) is 6.54 Å². The van der Waals surface area contributed by atoms with Gasteiger partial charge in [0.05, 0.1) is 0 Å². The number of azide groups is 1. The predicted octanol–water partition coefficient (Wildman–Crippen LogP) is 3.31.